The van der Waals surface area contributed by atoms with Gasteiger partial charge in [-0.05, 0) is 49.7 Å². The molecule has 8 heteroatoms. The lowest BCUT2D eigenvalue weighted by atomic mass is 10.0. The van der Waals surface area contributed by atoms with Crippen molar-refractivity contribution in [3.05, 3.63) is 77.5 Å². The van der Waals surface area contributed by atoms with Crippen LogP contribution in [-0.2, 0) is 13.6 Å². The maximum atomic E-state index is 14.3. The number of carbonyl (C=O) groups is 1. The number of benzene rings is 2. The van der Waals surface area contributed by atoms with Crippen LogP contribution in [0.2, 0.25) is 0 Å². The second-order valence-corrected chi connectivity index (χ2v) is 7.91. The van der Waals surface area contributed by atoms with Gasteiger partial charge in [-0.15, -0.1) is 0 Å². The molecule has 5 rings (SSSR count). The lowest BCUT2D eigenvalue weighted by molar-refractivity contribution is 0.0993. The summed E-state index contributed by atoms with van der Waals surface area (Å²) in [6, 6.07) is 10.2. The van der Waals surface area contributed by atoms with Crippen LogP contribution >= 0.6 is 0 Å². The Morgan fingerprint density at radius 3 is 2.59 bits per heavy atom. The first kappa shape index (κ1) is 19.9. The fourth-order valence-electron chi connectivity index (χ4n) is 4.27. The molecular weight excluding hydrogens is 407 g/mol. The molecule has 0 saturated carbocycles. The zero-order valence-electron chi connectivity index (χ0n) is 17.9. The van der Waals surface area contributed by atoms with Gasteiger partial charge in [-0.25, -0.2) is 9.37 Å². The van der Waals surface area contributed by atoms with E-state index in [1.54, 1.807) is 23.0 Å². The number of nitrogens with zero attached hydrogens (tertiary/aromatic N) is 5. The molecular formula is C24H21FN6O. The molecule has 0 unspecified atom stereocenters. The quantitative estimate of drug-likeness (QED) is 0.470. The monoisotopic (exact) mass is 428 g/mol. The summed E-state index contributed by atoms with van der Waals surface area (Å²) in [7, 11) is 1.95. The van der Waals surface area contributed by atoms with Gasteiger partial charge in [-0.2, -0.15) is 0 Å². The van der Waals surface area contributed by atoms with Gasteiger partial charge in [-0.3, -0.25) is 14.8 Å². The van der Waals surface area contributed by atoms with E-state index in [9.17, 15) is 9.18 Å². The lowest BCUT2D eigenvalue weighted by Crippen LogP contribution is -2.19. The second kappa shape index (κ2) is 7.26. The zero-order valence-corrected chi connectivity index (χ0v) is 17.9. The highest BCUT2D eigenvalue weighted by Gasteiger charge is 2.24. The minimum Gasteiger partial charge on any atom is -0.364 e. The Hall–Kier alpha value is -4.07. The van der Waals surface area contributed by atoms with Crippen LogP contribution in [0.5, 0.6) is 0 Å². The van der Waals surface area contributed by atoms with Gasteiger partial charge < -0.3 is 14.9 Å². The fraction of sp³-hybridized carbons (Fsp3) is 0.167. The summed E-state index contributed by atoms with van der Waals surface area (Å²) >= 11 is 0. The van der Waals surface area contributed by atoms with Crippen LogP contribution in [0.3, 0.4) is 0 Å². The van der Waals surface area contributed by atoms with Crippen molar-refractivity contribution in [3.63, 3.8) is 0 Å². The Morgan fingerprint density at radius 2 is 1.84 bits per heavy atom. The fourth-order valence-corrected chi connectivity index (χ4v) is 4.27. The molecule has 0 aliphatic rings. The first-order valence-corrected chi connectivity index (χ1v) is 10.2. The maximum Gasteiger partial charge on any atom is 0.266 e. The summed E-state index contributed by atoms with van der Waals surface area (Å²) < 4.78 is 18.1. The lowest BCUT2D eigenvalue weighted by Gasteiger charge is -2.10. The number of rotatable bonds is 4. The molecule has 0 fully saturated rings. The summed E-state index contributed by atoms with van der Waals surface area (Å²) in [5, 5.41) is 0.603. The average Bonchev–Trinajstić information content (AvgIpc) is 3.21. The minimum absolute atomic E-state index is 0.278. The maximum absolute atomic E-state index is 14.3. The molecule has 0 spiro atoms. The molecule has 32 heavy (non-hydrogen) atoms. The van der Waals surface area contributed by atoms with Crippen molar-refractivity contribution in [2.45, 2.75) is 20.4 Å². The Kier molecular flexibility index (Phi) is 4.51. The smallest absolute Gasteiger partial charge is 0.266 e. The number of aryl methyl sites for hydroxylation is 3. The largest absolute Gasteiger partial charge is 0.364 e. The van der Waals surface area contributed by atoms with E-state index in [4.69, 9.17) is 5.73 Å². The van der Waals surface area contributed by atoms with Crippen molar-refractivity contribution in [1.29, 1.82) is 0 Å². The molecule has 0 aliphatic carbocycles. The van der Waals surface area contributed by atoms with Gasteiger partial charge in [0.05, 0.1) is 35.2 Å². The third-order valence-corrected chi connectivity index (χ3v) is 5.78. The Morgan fingerprint density at radius 1 is 1.06 bits per heavy atom. The number of amides is 1. The molecule has 5 aromatic rings. The van der Waals surface area contributed by atoms with E-state index in [1.807, 2.05) is 43.7 Å². The highest BCUT2D eigenvalue weighted by molar-refractivity contribution is 6.10. The van der Waals surface area contributed by atoms with E-state index in [0.717, 1.165) is 28.1 Å². The standard InChI is InChI=1S/C24H21FN6O/c1-13-10-27-11-17(28-13)12-31-20-7-5-16(25)9-18(20)22(23(31)24(26)32)15-4-6-21-19(8-15)29-14(2)30(21)3/h4-11H,12H2,1-3H3,(H2,26,32). The zero-order chi connectivity index (χ0) is 22.6. The van der Waals surface area contributed by atoms with E-state index in [1.165, 1.54) is 12.1 Å². The van der Waals surface area contributed by atoms with Crippen LogP contribution in [0.25, 0.3) is 33.1 Å². The van der Waals surface area contributed by atoms with Crippen LogP contribution < -0.4 is 5.73 Å². The molecule has 0 bridgehead atoms. The van der Waals surface area contributed by atoms with Crippen molar-refractivity contribution in [3.8, 4) is 11.1 Å². The Balaban J connectivity index is 1.81. The molecule has 0 saturated heterocycles. The molecule has 7 nitrogen and oxygen atoms in total. The van der Waals surface area contributed by atoms with Crippen molar-refractivity contribution >= 4 is 27.8 Å². The summed E-state index contributed by atoms with van der Waals surface area (Å²) in [5.74, 6) is -0.120. The molecule has 0 radical (unpaired) electrons. The van der Waals surface area contributed by atoms with Crippen LogP contribution in [0.1, 0.15) is 27.7 Å². The summed E-state index contributed by atoms with van der Waals surface area (Å²) in [5.41, 5.74) is 11.4. The third-order valence-electron chi connectivity index (χ3n) is 5.78. The molecule has 3 heterocycles. The number of imidazole rings is 1. The molecule has 0 atom stereocenters. The minimum atomic E-state index is -0.602. The average molecular weight is 428 g/mol. The van der Waals surface area contributed by atoms with E-state index in [2.05, 4.69) is 15.0 Å². The number of hydrogen-bond acceptors (Lipinski definition) is 4. The number of nitrogens with two attached hydrogens (primary N) is 1. The van der Waals surface area contributed by atoms with Gasteiger partial charge >= 0.3 is 0 Å². The van der Waals surface area contributed by atoms with E-state index < -0.39 is 11.7 Å². The van der Waals surface area contributed by atoms with Crippen molar-refractivity contribution in [2.24, 2.45) is 12.8 Å². The van der Waals surface area contributed by atoms with Gasteiger partial charge in [-0.1, -0.05) is 6.07 Å². The van der Waals surface area contributed by atoms with Gasteiger partial charge in [0.25, 0.3) is 5.91 Å². The molecule has 2 N–H and O–H groups in total. The van der Waals surface area contributed by atoms with E-state index in [-0.39, 0.29) is 6.54 Å². The topological polar surface area (TPSA) is 91.6 Å². The van der Waals surface area contributed by atoms with Crippen LogP contribution in [0.15, 0.2) is 48.8 Å². The second-order valence-electron chi connectivity index (χ2n) is 7.91. The first-order chi connectivity index (χ1) is 15.3. The van der Waals surface area contributed by atoms with Crippen molar-refractivity contribution in [2.75, 3.05) is 0 Å². The number of hydrogen-bond donors (Lipinski definition) is 1. The van der Waals surface area contributed by atoms with E-state index in [0.29, 0.717) is 27.9 Å². The van der Waals surface area contributed by atoms with Gasteiger partial charge in [0.2, 0.25) is 0 Å². The van der Waals surface area contributed by atoms with Gasteiger partial charge in [0, 0.05) is 29.7 Å². The summed E-state index contributed by atoms with van der Waals surface area (Å²) in [4.78, 5) is 26.0. The highest BCUT2D eigenvalue weighted by Crippen LogP contribution is 2.37. The summed E-state index contributed by atoms with van der Waals surface area (Å²) in [6.45, 7) is 4.06. The molecule has 1 amide bonds. The molecule has 160 valence electrons. The highest BCUT2D eigenvalue weighted by atomic mass is 19.1. The van der Waals surface area contributed by atoms with Crippen molar-refractivity contribution < 1.29 is 9.18 Å². The number of primary amides is 1. The van der Waals surface area contributed by atoms with E-state index >= 15 is 0 Å². The molecule has 0 aliphatic heterocycles. The SMILES string of the molecule is Cc1cncc(Cn2c(C(N)=O)c(-c3ccc4c(c3)nc(C)n4C)c3cc(F)ccc32)n1. The number of fused-ring (bicyclic) bond motifs is 2. The predicted octanol–water partition coefficient (Wildman–Crippen LogP) is 3.89. The van der Waals surface area contributed by atoms with Gasteiger partial charge in [0.15, 0.2) is 0 Å². The third kappa shape index (κ3) is 3.11. The normalized spacial score (nSPS) is 11.5. The number of aromatic nitrogens is 5. The van der Waals surface area contributed by atoms with Crippen LogP contribution in [0, 0.1) is 19.7 Å². The van der Waals surface area contributed by atoms with Crippen LogP contribution in [0.4, 0.5) is 4.39 Å². The Bertz CT molecular complexity index is 1530. The predicted molar refractivity (Wildman–Crippen MR) is 121 cm³/mol. The molecule has 2 aromatic carbocycles. The Labute approximate surface area is 183 Å². The van der Waals surface area contributed by atoms with Crippen molar-refractivity contribution in [1.82, 2.24) is 24.1 Å². The number of carbonyl (C=O) groups excluding carboxylic acids is 1. The molecule has 3 aromatic heterocycles. The van der Waals surface area contributed by atoms with Crippen LogP contribution in [-0.4, -0.2) is 30.0 Å². The first-order valence-electron chi connectivity index (χ1n) is 10.2. The summed E-state index contributed by atoms with van der Waals surface area (Å²) in [6.07, 6.45) is 3.31. The number of halogens is 1. The van der Waals surface area contributed by atoms with Gasteiger partial charge in [0.1, 0.15) is 17.3 Å².